The van der Waals surface area contributed by atoms with Crippen molar-refractivity contribution in [3.8, 4) is 6.07 Å². The Morgan fingerprint density at radius 3 is 2.94 bits per heavy atom. The molecule has 0 heterocycles. The van der Waals surface area contributed by atoms with Gasteiger partial charge in [0.05, 0.1) is 6.07 Å². The molecule has 1 aliphatic carbocycles. The van der Waals surface area contributed by atoms with Crippen LogP contribution in [0.25, 0.3) is 0 Å². The summed E-state index contributed by atoms with van der Waals surface area (Å²) in [5, 5.41) is 12.3. The monoisotopic (exact) mass is 218 g/mol. The summed E-state index contributed by atoms with van der Waals surface area (Å²) in [7, 11) is 0. The fraction of sp³-hybridized carbons (Fsp3) is 0.462. The van der Waals surface area contributed by atoms with Crippen LogP contribution in [0.5, 0.6) is 0 Å². The maximum Gasteiger partial charge on any atom is 0.123 e. The summed E-state index contributed by atoms with van der Waals surface area (Å²) in [6.07, 6.45) is 2.49. The second-order valence-electron chi connectivity index (χ2n) is 4.41. The van der Waals surface area contributed by atoms with Crippen molar-refractivity contribution in [2.45, 2.75) is 25.8 Å². The van der Waals surface area contributed by atoms with Crippen molar-refractivity contribution in [3.05, 3.63) is 35.1 Å². The van der Waals surface area contributed by atoms with Crippen molar-refractivity contribution in [3.63, 3.8) is 0 Å². The molecule has 1 aromatic rings. The lowest BCUT2D eigenvalue weighted by Gasteiger charge is -2.14. The Morgan fingerprint density at radius 1 is 1.56 bits per heavy atom. The molecule has 1 N–H and O–H groups in total. The van der Waals surface area contributed by atoms with E-state index in [1.54, 1.807) is 6.07 Å². The summed E-state index contributed by atoms with van der Waals surface area (Å²) in [6, 6.07) is 6.39. The van der Waals surface area contributed by atoms with E-state index in [1.165, 1.54) is 25.0 Å². The van der Waals surface area contributed by atoms with Gasteiger partial charge in [-0.15, -0.1) is 0 Å². The zero-order valence-corrected chi connectivity index (χ0v) is 9.33. The Kier molecular flexibility index (Phi) is 3.21. The van der Waals surface area contributed by atoms with Gasteiger partial charge in [0.15, 0.2) is 0 Å². The number of aryl methyl sites for hydroxylation is 1. The van der Waals surface area contributed by atoms with Crippen LogP contribution in [0.4, 0.5) is 4.39 Å². The van der Waals surface area contributed by atoms with Gasteiger partial charge >= 0.3 is 0 Å². The number of rotatable bonds is 4. The molecule has 1 fully saturated rings. The highest BCUT2D eigenvalue weighted by molar-refractivity contribution is 5.32. The molecule has 0 radical (unpaired) electrons. The van der Waals surface area contributed by atoms with E-state index in [0.29, 0.717) is 5.92 Å². The molecule has 1 aliphatic rings. The van der Waals surface area contributed by atoms with Crippen LogP contribution in [0.1, 0.15) is 30.0 Å². The molecule has 1 unspecified atom stereocenters. The number of nitrogens with zero attached hydrogens (tertiary/aromatic N) is 1. The lowest BCUT2D eigenvalue weighted by Crippen LogP contribution is -2.23. The van der Waals surface area contributed by atoms with Gasteiger partial charge in [0.1, 0.15) is 11.9 Å². The predicted molar refractivity (Wildman–Crippen MR) is 60.2 cm³/mol. The lowest BCUT2D eigenvalue weighted by molar-refractivity contribution is 0.581. The van der Waals surface area contributed by atoms with Gasteiger partial charge in [-0.25, -0.2) is 4.39 Å². The van der Waals surface area contributed by atoms with Gasteiger partial charge < -0.3 is 0 Å². The van der Waals surface area contributed by atoms with Crippen molar-refractivity contribution in [1.29, 1.82) is 5.26 Å². The molecule has 0 aromatic heterocycles. The van der Waals surface area contributed by atoms with Gasteiger partial charge in [0.25, 0.3) is 0 Å². The van der Waals surface area contributed by atoms with E-state index >= 15 is 0 Å². The summed E-state index contributed by atoms with van der Waals surface area (Å²) in [4.78, 5) is 0. The van der Waals surface area contributed by atoms with E-state index in [1.807, 2.05) is 6.92 Å². The van der Waals surface area contributed by atoms with Crippen molar-refractivity contribution >= 4 is 0 Å². The van der Waals surface area contributed by atoms with E-state index in [4.69, 9.17) is 5.26 Å². The summed E-state index contributed by atoms with van der Waals surface area (Å²) in [5.41, 5.74) is 1.71. The van der Waals surface area contributed by atoms with Gasteiger partial charge in [0, 0.05) is 0 Å². The minimum Gasteiger partial charge on any atom is -0.298 e. The lowest BCUT2D eigenvalue weighted by atomic mass is 10.0. The summed E-state index contributed by atoms with van der Waals surface area (Å²) < 4.78 is 13.1. The van der Waals surface area contributed by atoms with Crippen LogP contribution in [-0.4, -0.2) is 6.54 Å². The van der Waals surface area contributed by atoms with Crippen LogP contribution >= 0.6 is 0 Å². The molecule has 0 saturated heterocycles. The fourth-order valence-corrected chi connectivity index (χ4v) is 1.75. The average Bonchev–Trinajstić information content (AvgIpc) is 3.07. The molecule has 0 bridgehead atoms. The first-order valence-electron chi connectivity index (χ1n) is 5.59. The van der Waals surface area contributed by atoms with Gasteiger partial charge in [-0.05, 0) is 55.5 Å². The van der Waals surface area contributed by atoms with Crippen molar-refractivity contribution in [2.24, 2.45) is 5.92 Å². The molecule has 1 aromatic carbocycles. The number of nitrogens with one attached hydrogen (secondary N) is 1. The molecule has 16 heavy (non-hydrogen) atoms. The Labute approximate surface area is 95.1 Å². The first kappa shape index (κ1) is 11.1. The van der Waals surface area contributed by atoms with E-state index in [0.717, 1.165) is 17.7 Å². The Balaban J connectivity index is 2.11. The molecule has 1 saturated carbocycles. The number of halogens is 1. The van der Waals surface area contributed by atoms with E-state index < -0.39 is 6.04 Å². The topological polar surface area (TPSA) is 35.8 Å². The molecule has 84 valence electrons. The van der Waals surface area contributed by atoms with Crippen LogP contribution < -0.4 is 5.32 Å². The first-order valence-corrected chi connectivity index (χ1v) is 5.59. The van der Waals surface area contributed by atoms with E-state index in [9.17, 15) is 4.39 Å². The van der Waals surface area contributed by atoms with Crippen LogP contribution in [0, 0.1) is 30.0 Å². The zero-order chi connectivity index (χ0) is 11.5. The average molecular weight is 218 g/mol. The minimum absolute atomic E-state index is 0.283. The zero-order valence-electron chi connectivity index (χ0n) is 9.33. The fourth-order valence-electron chi connectivity index (χ4n) is 1.75. The van der Waals surface area contributed by atoms with Crippen LogP contribution in [0.15, 0.2) is 18.2 Å². The highest BCUT2D eigenvalue weighted by atomic mass is 19.1. The number of hydrogen-bond donors (Lipinski definition) is 1. The van der Waals surface area contributed by atoms with Gasteiger partial charge in [0.2, 0.25) is 0 Å². The summed E-state index contributed by atoms with van der Waals surface area (Å²) in [5.74, 6) is 0.429. The molecule has 0 aliphatic heterocycles. The standard InChI is InChI=1S/C13H15FN2/c1-9-2-5-11(14)6-12(9)13(7-15)16-8-10-3-4-10/h2,5-6,10,13,16H,3-4,8H2,1H3. The van der Waals surface area contributed by atoms with Gasteiger partial charge in [-0.3, -0.25) is 5.32 Å². The third-order valence-electron chi connectivity index (χ3n) is 2.99. The largest absolute Gasteiger partial charge is 0.298 e. The number of benzene rings is 1. The molecule has 0 spiro atoms. The second kappa shape index (κ2) is 4.63. The summed E-state index contributed by atoms with van der Waals surface area (Å²) >= 11 is 0. The van der Waals surface area contributed by atoms with Gasteiger partial charge in [-0.2, -0.15) is 5.26 Å². The minimum atomic E-state index is -0.392. The highest BCUT2D eigenvalue weighted by Crippen LogP contribution is 2.29. The quantitative estimate of drug-likeness (QED) is 0.843. The van der Waals surface area contributed by atoms with Gasteiger partial charge in [-0.1, -0.05) is 6.07 Å². The second-order valence-corrected chi connectivity index (χ2v) is 4.41. The summed E-state index contributed by atoms with van der Waals surface area (Å²) in [6.45, 7) is 2.76. The molecule has 2 nitrogen and oxygen atoms in total. The highest BCUT2D eigenvalue weighted by Gasteiger charge is 2.23. The number of nitriles is 1. The molecule has 3 heteroatoms. The maximum atomic E-state index is 13.1. The van der Waals surface area contributed by atoms with E-state index in [2.05, 4.69) is 11.4 Å². The third-order valence-corrected chi connectivity index (χ3v) is 2.99. The molecule has 1 atom stereocenters. The SMILES string of the molecule is Cc1ccc(F)cc1C(C#N)NCC1CC1. The Morgan fingerprint density at radius 2 is 2.31 bits per heavy atom. The normalized spacial score (nSPS) is 16.8. The van der Waals surface area contributed by atoms with Crippen molar-refractivity contribution < 1.29 is 4.39 Å². The smallest absolute Gasteiger partial charge is 0.123 e. The Bertz CT molecular complexity index is 418. The molecule has 2 rings (SSSR count). The molecule has 0 amide bonds. The molecular weight excluding hydrogens is 203 g/mol. The first-order chi connectivity index (χ1) is 7.70. The third kappa shape index (κ3) is 2.59. The van der Waals surface area contributed by atoms with Crippen molar-refractivity contribution in [2.75, 3.05) is 6.54 Å². The van der Waals surface area contributed by atoms with Crippen molar-refractivity contribution in [1.82, 2.24) is 5.32 Å². The van der Waals surface area contributed by atoms with E-state index in [-0.39, 0.29) is 5.82 Å². The maximum absolute atomic E-state index is 13.1. The van der Waals surface area contributed by atoms with Crippen LogP contribution in [0.2, 0.25) is 0 Å². The molecular formula is C13H15FN2. The number of hydrogen-bond acceptors (Lipinski definition) is 2. The van der Waals surface area contributed by atoms with Crippen LogP contribution in [0.3, 0.4) is 0 Å². The Hall–Kier alpha value is -1.40. The van der Waals surface area contributed by atoms with Crippen LogP contribution in [-0.2, 0) is 0 Å². The predicted octanol–water partition coefficient (Wildman–Crippen LogP) is 2.70.